The highest BCUT2D eigenvalue weighted by atomic mass is 19.1. The molecule has 3 aromatic carbocycles. The van der Waals surface area contributed by atoms with Crippen LogP contribution >= 0.6 is 0 Å². The van der Waals surface area contributed by atoms with Crippen molar-refractivity contribution in [2.75, 3.05) is 7.11 Å². The number of hydrogen-bond acceptors (Lipinski definition) is 3. The molecule has 4 rings (SSSR count). The fourth-order valence-corrected chi connectivity index (χ4v) is 3.42. The number of rotatable bonds is 5. The second kappa shape index (κ2) is 7.72. The topological polar surface area (TPSA) is 48.3 Å². The summed E-state index contributed by atoms with van der Waals surface area (Å²) in [5.41, 5.74) is 1.35. The van der Waals surface area contributed by atoms with Crippen LogP contribution in [0.1, 0.15) is 21.5 Å². The Labute approximate surface area is 166 Å². The number of para-hydroxylation sites is 1. The van der Waals surface area contributed by atoms with E-state index >= 15 is 0 Å². The molecule has 5 heteroatoms. The third kappa shape index (κ3) is 3.55. The largest absolute Gasteiger partial charge is 0.496 e. The average molecular weight is 387 g/mol. The highest BCUT2D eigenvalue weighted by Crippen LogP contribution is 2.22. The smallest absolute Gasteiger partial charge is 0.200 e. The SMILES string of the molecule is COc1ccccc1Cn1cc(C(=O)c2ccccc2)c(=O)c2cc(F)ccc21. The number of pyridine rings is 1. The van der Waals surface area contributed by atoms with Gasteiger partial charge >= 0.3 is 0 Å². The summed E-state index contributed by atoms with van der Waals surface area (Å²) in [4.78, 5) is 26.0. The van der Waals surface area contributed by atoms with Crippen LogP contribution in [0.15, 0.2) is 83.8 Å². The van der Waals surface area contributed by atoms with Crippen LogP contribution < -0.4 is 10.2 Å². The fraction of sp³-hybridized carbons (Fsp3) is 0.0833. The Morgan fingerprint density at radius 1 is 1.00 bits per heavy atom. The number of aromatic nitrogens is 1. The lowest BCUT2D eigenvalue weighted by Gasteiger charge is -2.15. The van der Waals surface area contributed by atoms with Crippen LogP contribution in [-0.2, 0) is 6.54 Å². The van der Waals surface area contributed by atoms with Crippen molar-refractivity contribution in [3.05, 3.63) is 112 Å². The number of hydrogen-bond donors (Lipinski definition) is 0. The summed E-state index contributed by atoms with van der Waals surface area (Å²) in [7, 11) is 1.59. The maximum Gasteiger partial charge on any atom is 0.200 e. The standard InChI is InChI=1S/C24H18FNO3/c1-29-22-10-6-5-9-17(22)14-26-15-20(23(27)16-7-3-2-4-8-16)24(28)19-13-18(25)11-12-21(19)26/h2-13,15H,14H2,1H3. The zero-order chi connectivity index (χ0) is 20.4. The number of benzene rings is 3. The van der Waals surface area contributed by atoms with Gasteiger partial charge in [-0.1, -0.05) is 48.5 Å². The third-order valence-corrected chi connectivity index (χ3v) is 4.86. The zero-order valence-electron chi connectivity index (χ0n) is 15.8. The van der Waals surface area contributed by atoms with E-state index in [1.807, 2.05) is 24.3 Å². The number of carbonyl (C=O) groups is 1. The van der Waals surface area contributed by atoms with Crippen molar-refractivity contribution < 1.29 is 13.9 Å². The maximum absolute atomic E-state index is 13.9. The molecule has 0 amide bonds. The van der Waals surface area contributed by atoms with Gasteiger partial charge in [0.05, 0.1) is 24.7 Å². The molecule has 0 bridgehead atoms. The van der Waals surface area contributed by atoms with Crippen molar-refractivity contribution in [2.24, 2.45) is 0 Å². The summed E-state index contributed by atoms with van der Waals surface area (Å²) in [6.45, 7) is 0.363. The van der Waals surface area contributed by atoms with Crippen LogP contribution in [-0.4, -0.2) is 17.5 Å². The number of ether oxygens (including phenoxy) is 1. The minimum absolute atomic E-state index is 0.00389. The second-order valence-corrected chi connectivity index (χ2v) is 6.67. The Morgan fingerprint density at radius 3 is 2.48 bits per heavy atom. The fourth-order valence-electron chi connectivity index (χ4n) is 3.42. The van der Waals surface area contributed by atoms with Crippen molar-refractivity contribution in [2.45, 2.75) is 6.54 Å². The van der Waals surface area contributed by atoms with Gasteiger partial charge in [0.25, 0.3) is 0 Å². The molecule has 1 aromatic heterocycles. The van der Waals surface area contributed by atoms with Crippen LogP contribution in [0, 0.1) is 5.82 Å². The van der Waals surface area contributed by atoms with Gasteiger partial charge in [-0.25, -0.2) is 4.39 Å². The van der Waals surface area contributed by atoms with E-state index in [-0.39, 0.29) is 10.9 Å². The third-order valence-electron chi connectivity index (χ3n) is 4.86. The summed E-state index contributed by atoms with van der Waals surface area (Å²) < 4.78 is 21.1. The van der Waals surface area contributed by atoms with Gasteiger partial charge in [-0.05, 0) is 24.3 Å². The Bertz CT molecular complexity index is 1260. The molecule has 0 N–H and O–H groups in total. The minimum atomic E-state index is -0.525. The van der Waals surface area contributed by atoms with Crippen LogP contribution in [0.2, 0.25) is 0 Å². The normalized spacial score (nSPS) is 10.8. The van der Waals surface area contributed by atoms with E-state index in [9.17, 15) is 14.0 Å². The van der Waals surface area contributed by atoms with E-state index in [0.717, 1.165) is 5.56 Å². The summed E-state index contributed by atoms with van der Waals surface area (Å²) in [5, 5.41) is 0.168. The van der Waals surface area contributed by atoms with Gasteiger partial charge in [-0.15, -0.1) is 0 Å². The molecule has 0 aliphatic rings. The van der Waals surface area contributed by atoms with Crippen LogP contribution in [0.5, 0.6) is 5.75 Å². The quantitative estimate of drug-likeness (QED) is 0.476. The van der Waals surface area contributed by atoms with E-state index in [2.05, 4.69) is 0 Å². The van der Waals surface area contributed by atoms with Gasteiger partial charge in [0.2, 0.25) is 5.43 Å². The Morgan fingerprint density at radius 2 is 1.72 bits per heavy atom. The van der Waals surface area contributed by atoms with E-state index in [0.29, 0.717) is 23.4 Å². The Kier molecular flexibility index (Phi) is 4.96. The van der Waals surface area contributed by atoms with E-state index in [1.165, 1.54) is 12.1 Å². The van der Waals surface area contributed by atoms with Crippen LogP contribution in [0.25, 0.3) is 10.9 Å². The summed E-state index contributed by atoms with van der Waals surface area (Å²) in [6, 6.07) is 20.1. The van der Waals surface area contributed by atoms with Crippen LogP contribution in [0.3, 0.4) is 0 Å². The number of halogens is 1. The first kappa shape index (κ1) is 18.6. The van der Waals surface area contributed by atoms with E-state index in [4.69, 9.17) is 4.74 Å². The van der Waals surface area contributed by atoms with Gasteiger partial charge in [0.1, 0.15) is 11.6 Å². The van der Waals surface area contributed by atoms with Crippen molar-refractivity contribution >= 4 is 16.7 Å². The first-order valence-corrected chi connectivity index (χ1v) is 9.13. The molecule has 0 aliphatic carbocycles. The highest BCUT2D eigenvalue weighted by molar-refractivity contribution is 6.10. The number of fused-ring (bicyclic) bond motifs is 1. The Hall–Kier alpha value is -3.73. The van der Waals surface area contributed by atoms with E-state index in [1.54, 1.807) is 54.3 Å². The molecule has 0 aliphatic heterocycles. The summed E-state index contributed by atoms with van der Waals surface area (Å²) in [6.07, 6.45) is 1.55. The predicted molar refractivity (Wildman–Crippen MR) is 110 cm³/mol. The lowest BCUT2D eigenvalue weighted by molar-refractivity contribution is 0.103. The first-order chi connectivity index (χ1) is 14.1. The van der Waals surface area contributed by atoms with E-state index < -0.39 is 17.0 Å². The van der Waals surface area contributed by atoms with Crippen LogP contribution in [0.4, 0.5) is 4.39 Å². The van der Waals surface area contributed by atoms with Gasteiger partial charge in [0, 0.05) is 22.7 Å². The molecule has 4 aromatic rings. The molecule has 0 saturated heterocycles. The molecule has 0 saturated carbocycles. The number of carbonyl (C=O) groups excluding carboxylic acids is 1. The molecule has 0 fully saturated rings. The minimum Gasteiger partial charge on any atom is -0.496 e. The van der Waals surface area contributed by atoms with Crippen molar-refractivity contribution in [1.82, 2.24) is 4.57 Å². The lowest BCUT2D eigenvalue weighted by Crippen LogP contribution is -2.20. The lowest BCUT2D eigenvalue weighted by atomic mass is 10.0. The first-order valence-electron chi connectivity index (χ1n) is 9.13. The molecule has 4 nitrogen and oxygen atoms in total. The summed E-state index contributed by atoms with van der Waals surface area (Å²) in [5.74, 6) is -0.226. The predicted octanol–water partition coefficient (Wildman–Crippen LogP) is 4.43. The number of ketones is 1. The molecule has 0 spiro atoms. The van der Waals surface area contributed by atoms with Gasteiger partial charge in [0.15, 0.2) is 5.78 Å². The number of methoxy groups -OCH3 is 1. The zero-order valence-corrected chi connectivity index (χ0v) is 15.8. The Balaban J connectivity index is 1.93. The highest BCUT2D eigenvalue weighted by Gasteiger charge is 2.18. The maximum atomic E-state index is 13.9. The second-order valence-electron chi connectivity index (χ2n) is 6.67. The monoisotopic (exact) mass is 387 g/mol. The molecule has 0 unspecified atom stereocenters. The molecular weight excluding hydrogens is 369 g/mol. The molecule has 29 heavy (non-hydrogen) atoms. The molecular formula is C24H18FNO3. The van der Waals surface area contributed by atoms with Gasteiger partial charge in [-0.3, -0.25) is 9.59 Å². The molecule has 1 heterocycles. The van der Waals surface area contributed by atoms with Crippen molar-refractivity contribution in [3.63, 3.8) is 0 Å². The molecule has 0 atom stereocenters. The summed E-state index contributed by atoms with van der Waals surface area (Å²) >= 11 is 0. The molecule has 144 valence electrons. The van der Waals surface area contributed by atoms with Crippen molar-refractivity contribution in [1.29, 1.82) is 0 Å². The molecule has 0 radical (unpaired) electrons. The van der Waals surface area contributed by atoms with Gasteiger partial charge in [-0.2, -0.15) is 0 Å². The van der Waals surface area contributed by atoms with Crippen molar-refractivity contribution in [3.8, 4) is 5.75 Å². The average Bonchev–Trinajstić information content (AvgIpc) is 2.76. The number of nitrogens with zero attached hydrogens (tertiary/aromatic N) is 1. The van der Waals surface area contributed by atoms with Gasteiger partial charge < -0.3 is 9.30 Å².